The predicted molar refractivity (Wildman–Crippen MR) is 76.4 cm³/mol. The van der Waals surface area contributed by atoms with E-state index in [4.69, 9.17) is 4.74 Å². The Bertz CT molecular complexity index is 629. The zero-order valence-electron chi connectivity index (χ0n) is 11.4. The Morgan fingerprint density at radius 1 is 1.50 bits per heavy atom. The largest absolute Gasteiger partial charge is 0.481 e. The molecule has 0 aliphatic heterocycles. The second-order valence-electron chi connectivity index (χ2n) is 4.16. The molecule has 0 unspecified atom stereocenters. The molecule has 2 rings (SSSR count). The van der Waals surface area contributed by atoms with E-state index < -0.39 is 4.92 Å². The molecule has 20 heavy (non-hydrogen) atoms. The van der Waals surface area contributed by atoms with Crippen molar-refractivity contribution >= 4 is 22.8 Å². The van der Waals surface area contributed by atoms with E-state index in [1.54, 1.807) is 29.5 Å². The van der Waals surface area contributed by atoms with Crippen molar-refractivity contribution in [3.05, 3.63) is 38.3 Å². The number of thiazole rings is 1. The van der Waals surface area contributed by atoms with Crippen molar-refractivity contribution in [3.8, 4) is 5.88 Å². The highest BCUT2D eigenvalue weighted by atomic mass is 32.1. The first-order chi connectivity index (χ1) is 9.51. The van der Waals surface area contributed by atoms with Gasteiger partial charge in [0, 0.05) is 30.3 Å². The number of ether oxygens (including phenoxy) is 1. The Labute approximate surface area is 120 Å². The summed E-state index contributed by atoms with van der Waals surface area (Å²) in [6.07, 6.45) is 1.77. The van der Waals surface area contributed by atoms with Crippen molar-refractivity contribution in [2.75, 3.05) is 19.1 Å². The first kappa shape index (κ1) is 14.2. The van der Waals surface area contributed by atoms with Gasteiger partial charge in [0.25, 0.3) is 0 Å². The van der Waals surface area contributed by atoms with Crippen LogP contribution in [-0.4, -0.2) is 29.0 Å². The van der Waals surface area contributed by atoms with Gasteiger partial charge < -0.3 is 9.64 Å². The van der Waals surface area contributed by atoms with Crippen molar-refractivity contribution < 1.29 is 9.66 Å². The number of methoxy groups -OCH3 is 1. The number of aryl methyl sites for hydroxylation is 1. The van der Waals surface area contributed by atoms with Crippen LogP contribution in [-0.2, 0) is 6.54 Å². The molecule has 2 heterocycles. The number of nitrogens with zero attached hydrogens (tertiary/aromatic N) is 4. The number of nitro groups is 1. The Kier molecular flexibility index (Phi) is 4.14. The molecular weight excluding hydrogens is 280 g/mol. The molecule has 106 valence electrons. The summed E-state index contributed by atoms with van der Waals surface area (Å²) in [5, 5.41) is 12.0. The number of hydrogen-bond acceptors (Lipinski definition) is 7. The third-order valence-electron chi connectivity index (χ3n) is 2.66. The smallest absolute Gasteiger partial charge is 0.311 e. The number of pyridine rings is 1. The zero-order valence-corrected chi connectivity index (χ0v) is 12.2. The van der Waals surface area contributed by atoms with E-state index in [9.17, 15) is 10.1 Å². The molecule has 0 bridgehead atoms. The highest BCUT2D eigenvalue weighted by molar-refractivity contribution is 7.11. The molecule has 0 aliphatic carbocycles. The van der Waals surface area contributed by atoms with Crippen molar-refractivity contribution in [2.45, 2.75) is 13.5 Å². The van der Waals surface area contributed by atoms with E-state index >= 15 is 0 Å². The fourth-order valence-electron chi connectivity index (χ4n) is 1.75. The van der Waals surface area contributed by atoms with Gasteiger partial charge >= 0.3 is 5.69 Å². The van der Waals surface area contributed by atoms with Gasteiger partial charge in [0.2, 0.25) is 11.7 Å². The monoisotopic (exact) mass is 294 g/mol. The molecule has 0 amide bonds. The van der Waals surface area contributed by atoms with Gasteiger partial charge in [-0.2, -0.15) is 4.98 Å². The SMILES string of the molecule is COc1ccc([N+](=O)[O-])c(N(C)Cc2cnc(C)s2)n1. The molecular formula is C12H14N4O3S. The molecule has 2 aromatic rings. The minimum absolute atomic E-state index is 0.0467. The van der Waals surface area contributed by atoms with E-state index in [0.29, 0.717) is 12.4 Å². The lowest BCUT2D eigenvalue weighted by molar-refractivity contribution is -0.384. The first-order valence-corrected chi connectivity index (χ1v) is 6.64. The van der Waals surface area contributed by atoms with Crippen LogP contribution in [0, 0.1) is 17.0 Å². The summed E-state index contributed by atoms with van der Waals surface area (Å²) in [5.74, 6) is 0.623. The highest BCUT2D eigenvalue weighted by Crippen LogP contribution is 2.29. The Hall–Kier alpha value is -2.22. The van der Waals surface area contributed by atoms with E-state index in [2.05, 4.69) is 9.97 Å². The van der Waals surface area contributed by atoms with Gasteiger partial charge in [-0.3, -0.25) is 10.1 Å². The zero-order chi connectivity index (χ0) is 14.7. The number of hydrogen-bond donors (Lipinski definition) is 0. The summed E-state index contributed by atoms with van der Waals surface area (Å²) in [5.41, 5.74) is -0.0467. The molecule has 0 aromatic carbocycles. The van der Waals surface area contributed by atoms with E-state index in [1.165, 1.54) is 19.2 Å². The van der Waals surface area contributed by atoms with Crippen LogP contribution in [0.15, 0.2) is 18.3 Å². The van der Waals surface area contributed by atoms with Gasteiger partial charge in [0.05, 0.1) is 23.6 Å². The van der Waals surface area contributed by atoms with Gasteiger partial charge in [-0.05, 0) is 6.92 Å². The van der Waals surface area contributed by atoms with E-state index in [0.717, 1.165) is 9.88 Å². The van der Waals surface area contributed by atoms with E-state index in [1.807, 2.05) is 6.92 Å². The minimum Gasteiger partial charge on any atom is -0.481 e. The Morgan fingerprint density at radius 3 is 2.80 bits per heavy atom. The van der Waals surface area contributed by atoms with Crippen molar-refractivity contribution in [1.29, 1.82) is 0 Å². The molecule has 0 radical (unpaired) electrons. The summed E-state index contributed by atoms with van der Waals surface area (Å²) in [6, 6.07) is 2.88. The second-order valence-corrected chi connectivity index (χ2v) is 5.47. The minimum atomic E-state index is -0.448. The molecule has 0 saturated carbocycles. The van der Waals surface area contributed by atoms with Crippen molar-refractivity contribution in [3.63, 3.8) is 0 Å². The molecule has 0 fully saturated rings. The Morgan fingerprint density at radius 2 is 2.25 bits per heavy atom. The lowest BCUT2D eigenvalue weighted by atomic mass is 10.3. The van der Waals surface area contributed by atoms with Crippen LogP contribution < -0.4 is 9.64 Å². The molecule has 7 nitrogen and oxygen atoms in total. The summed E-state index contributed by atoms with van der Waals surface area (Å²) in [4.78, 5) is 21.7. The van der Waals surface area contributed by atoms with Crippen LogP contribution in [0.2, 0.25) is 0 Å². The average molecular weight is 294 g/mol. The fraction of sp³-hybridized carbons (Fsp3) is 0.333. The van der Waals surface area contributed by atoms with Crippen LogP contribution in [0.3, 0.4) is 0 Å². The lowest BCUT2D eigenvalue weighted by Crippen LogP contribution is -2.18. The third-order valence-corrected chi connectivity index (χ3v) is 3.56. The van der Waals surface area contributed by atoms with Crippen molar-refractivity contribution in [1.82, 2.24) is 9.97 Å². The van der Waals surface area contributed by atoms with Gasteiger partial charge in [0.15, 0.2) is 0 Å². The fourth-order valence-corrected chi connectivity index (χ4v) is 2.60. The van der Waals surface area contributed by atoms with Crippen LogP contribution in [0.1, 0.15) is 9.88 Å². The van der Waals surface area contributed by atoms with Gasteiger partial charge in [-0.1, -0.05) is 0 Å². The quantitative estimate of drug-likeness (QED) is 0.622. The van der Waals surface area contributed by atoms with Crippen LogP contribution in [0.25, 0.3) is 0 Å². The molecule has 0 aliphatic rings. The third kappa shape index (κ3) is 3.02. The van der Waals surface area contributed by atoms with Gasteiger partial charge in [-0.15, -0.1) is 11.3 Å². The first-order valence-electron chi connectivity index (χ1n) is 5.83. The van der Waals surface area contributed by atoms with Crippen LogP contribution in [0.4, 0.5) is 11.5 Å². The van der Waals surface area contributed by atoms with Gasteiger partial charge in [-0.25, -0.2) is 4.98 Å². The van der Waals surface area contributed by atoms with Crippen LogP contribution >= 0.6 is 11.3 Å². The second kappa shape index (κ2) is 5.83. The Balaban J connectivity index is 2.31. The molecule has 0 spiro atoms. The number of aromatic nitrogens is 2. The summed E-state index contributed by atoms with van der Waals surface area (Å²) >= 11 is 1.55. The van der Waals surface area contributed by atoms with Crippen molar-refractivity contribution in [2.24, 2.45) is 0 Å². The average Bonchev–Trinajstić information content (AvgIpc) is 2.83. The summed E-state index contributed by atoms with van der Waals surface area (Å²) in [6.45, 7) is 2.42. The highest BCUT2D eigenvalue weighted by Gasteiger charge is 2.20. The topological polar surface area (TPSA) is 81.4 Å². The van der Waals surface area contributed by atoms with Crippen LogP contribution in [0.5, 0.6) is 5.88 Å². The maximum atomic E-state index is 11.1. The molecule has 0 atom stereocenters. The predicted octanol–water partition coefficient (Wildman–Crippen LogP) is 2.40. The molecule has 0 N–H and O–H groups in total. The number of anilines is 1. The maximum Gasteiger partial charge on any atom is 0.311 e. The lowest BCUT2D eigenvalue weighted by Gasteiger charge is -2.17. The molecule has 8 heteroatoms. The normalized spacial score (nSPS) is 10.3. The standard InChI is InChI=1S/C12H14N4O3S/c1-8-13-6-9(20-8)7-15(2)12-10(16(17)18)4-5-11(14-12)19-3/h4-6H,7H2,1-3H3. The van der Waals surface area contributed by atoms with E-state index in [-0.39, 0.29) is 11.5 Å². The molecule has 2 aromatic heterocycles. The molecule has 0 saturated heterocycles. The summed E-state index contributed by atoms with van der Waals surface area (Å²) in [7, 11) is 3.23. The maximum absolute atomic E-state index is 11.1. The number of rotatable bonds is 5. The summed E-state index contributed by atoms with van der Waals surface area (Å²) < 4.78 is 5.02. The van der Waals surface area contributed by atoms with Gasteiger partial charge in [0.1, 0.15) is 0 Å².